The molecule has 1 N–H and O–H groups in total. The van der Waals surface area contributed by atoms with E-state index < -0.39 is 6.04 Å². The van der Waals surface area contributed by atoms with E-state index in [1.807, 2.05) is 68.4 Å². The molecule has 3 heteroatoms. The van der Waals surface area contributed by atoms with Gasteiger partial charge in [0.2, 0.25) is 0 Å². The van der Waals surface area contributed by atoms with Gasteiger partial charge in [0, 0.05) is 6.54 Å². The summed E-state index contributed by atoms with van der Waals surface area (Å²) in [6.07, 6.45) is 0. The lowest BCUT2D eigenvalue weighted by Gasteiger charge is -2.19. The minimum absolute atomic E-state index is 0.234. The Bertz CT molecular complexity index is 581. The van der Waals surface area contributed by atoms with Crippen LogP contribution in [0.3, 0.4) is 0 Å². The smallest absolute Gasteiger partial charge is 0.327 e. The summed E-state index contributed by atoms with van der Waals surface area (Å²) in [6.45, 7) is 4.84. The summed E-state index contributed by atoms with van der Waals surface area (Å²) in [4.78, 5) is 12.2. The summed E-state index contributed by atoms with van der Waals surface area (Å²) in [5.41, 5.74) is 3.18. The van der Waals surface area contributed by atoms with Gasteiger partial charge in [-0.25, -0.2) is 4.79 Å². The molecule has 21 heavy (non-hydrogen) atoms. The maximum atomic E-state index is 12.2. The zero-order chi connectivity index (χ0) is 15.1. The SMILES string of the molecule is CCOC(=O)C(NCc1ccccc1)c1ccccc1C. The highest BCUT2D eigenvalue weighted by molar-refractivity contribution is 5.78. The summed E-state index contributed by atoms with van der Waals surface area (Å²) < 4.78 is 5.20. The fourth-order valence-electron chi connectivity index (χ4n) is 2.27. The number of benzene rings is 2. The Hall–Kier alpha value is -2.13. The molecule has 0 aliphatic carbocycles. The second-order valence-corrected chi connectivity index (χ2v) is 4.91. The Morgan fingerprint density at radius 1 is 1.10 bits per heavy atom. The molecule has 0 aliphatic rings. The van der Waals surface area contributed by atoms with Crippen molar-refractivity contribution in [1.29, 1.82) is 0 Å². The van der Waals surface area contributed by atoms with Gasteiger partial charge in [0.15, 0.2) is 0 Å². The van der Waals surface area contributed by atoms with E-state index >= 15 is 0 Å². The molecule has 3 nitrogen and oxygen atoms in total. The van der Waals surface area contributed by atoms with Crippen LogP contribution in [0, 0.1) is 6.92 Å². The summed E-state index contributed by atoms with van der Waals surface area (Å²) in [6, 6.07) is 17.5. The van der Waals surface area contributed by atoms with Crippen molar-refractivity contribution in [1.82, 2.24) is 5.32 Å². The first-order valence-electron chi connectivity index (χ1n) is 7.22. The summed E-state index contributed by atoms with van der Waals surface area (Å²) in [5, 5.41) is 3.30. The van der Waals surface area contributed by atoms with Crippen molar-refractivity contribution >= 4 is 5.97 Å². The molecule has 0 saturated carbocycles. The normalized spacial score (nSPS) is 11.9. The second-order valence-electron chi connectivity index (χ2n) is 4.91. The molecular formula is C18H21NO2. The summed E-state index contributed by atoms with van der Waals surface area (Å²) in [7, 11) is 0. The lowest BCUT2D eigenvalue weighted by atomic mass is 10.0. The fourth-order valence-corrected chi connectivity index (χ4v) is 2.27. The van der Waals surface area contributed by atoms with E-state index in [-0.39, 0.29) is 5.97 Å². The van der Waals surface area contributed by atoms with Gasteiger partial charge in [0.1, 0.15) is 6.04 Å². The van der Waals surface area contributed by atoms with Gasteiger partial charge in [-0.1, -0.05) is 54.6 Å². The molecule has 2 aromatic carbocycles. The zero-order valence-corrected chi connectivity index (χ0v) is 12.5. The fraction of sp³-hybridized carbons (Fsp3) is 0.278. The first kappa shape index (κ1) is 15.3. The minimum Gasteiger partial charge on any atom is -0.465 e. The molecule has 1 atom stereocenters. The van der Waals surface area contributed by atoms with Crippen LogP contribution in [0.5, 0.6) is 0 Å². The third-order valence-corrected chi connectivity index (χ3v) is 3.37. The highest BCUT2D eigenvalue weighted by Crippen LogP contribution is 2.19. The van der Waals surface area contributed by atoms with Crippen LogP contribution in [0.1, 0.15) is 29.7 Å². The molecule has 2 aromatic rings. The molecule has 1 unspecified atom stereocenters. The number of nitrogens with one attached hydrogen (secondary N) is 1. The van der Waals surface area contributed by atoms with Crippen molar-refractivity contribution in [2.24, 2.45) is 0 Å². The monoisotopic (exact) mass is 283 g/mol. The number of aryl methyl sites for hydroxylation is 1. The number of ether oxygens (including phenoxy) is 1. The molecule has 0 aromatic heterocycles. The zero-order valence-electron chi connectivity index (χ0n) is 12.5. The lowest BCUT2D eigenvalue weighted by Crippen LogP contribution is -2.30. The van der Waals surface area contributed by atoms with E-state index in [1.54, 1.807) is 0 Å². The molecule has 0 aliphatic heterocycles. The molecule has 110 valence electrons. The van der Waals surface area contributed by atoms with Crippen LogP contribution in [0.15, 0.2) is 54.6 Å². The van der Waals surface area contributed by atoms with E-state index in [0.717, 1.165) is 16.7 Å². The van der Waals surface area contributed by atoms with Crippen LogP contribution < -0.4 is 5.32 Å². The Morgan fingerprint density at radius 2 is 1.76 bits per heavy atom. The van der Waals surface area contributed by atoms with Gasteiger partial charge in [0.05, 0.1) is 6.61 Å². The van der Waals surface area contributed by atoms with Crippen molar-refractivity contribution in [2.75, 3.05) is 6.61 Å². The number of hydrogen-bond acceptors (Lipinski definition) is 3. The Labute approximate surface area is 126 Å². The van der Waals surface area contributed by atoms with E-state index in [2.05, 4.69) is 5.32 Å². The predicted molar refractivity (Wildman–Crippen MR) is 83.8 cm³/mol. The quantitative estimate of drug-likeness (QED) is 0.826. The third-order valence-electron chi connectivity index (χ3n) is 3.37. The van der Waals surface area contributed by atoms with E-state index in [4.69, 9.17) is 4.74 Å². The van der Waals surface area contributed by atoms with Gasteiger partial charge < -0.3 is 4.74 Å². The van der Waals surface area contributed by atoms with Crippen LogP contribution in [-0.4, -0.2) is 12.6 Å². The topological polar surface area (TPSA) is 38.3 Å². The number of rotatable bonds is 6. The van der Waals surface area contributed by atoms with Crippen molar-refractivity contribution < 1.29 is 9.53 Å². The van der Waals surface area contributed by atoms with Crippen LogP contribution in [-0.2, 0) is 16.1 Å². The highest BCUT2D eigenvalue weighted by Gasteiger charge is 2.22. The average molecular weight is 283 g/mol. The molecule has 0 amide bonds. The van der Waals surface area contributed by atoms with Crippen molar-refractivity contribution in [2.45, 2.75) is 26.4 Å². The average Bonchev–Trinajstić information content (AvgIpc) is 2.50. The predicted octanol–water partition coefficient (Wildman–Crippen LogP) is 3.39. The number of esters is 1. The summed E-state index contributed by atoms with van der Waals surface area (Å²) >= 11 is 0. The molecule has 0 bridgehead atoms. The number of carbonyl (C=O) groups is 1. The molecule has 0 heterocycles. The van der Waals surface area contributed by atoms with Gasteiger partial charge in [-0.3, -0.25) is 5.32 Å². The summed E-state index contributed by atoms with van der Waals surface area (Å²) in [5.74, 6) is -0.234. The van der Waals surface area contributed by atoms with Gasteiger partial charge >= 0.3 is 5.97 Å². The van der Waals surface area contributed by atoms with Crippen LogP contribution in [0.2, 0.25) is 0 Å². The molecular weight excluding hydrogens is 262 g/mol. The first-order valence-corrected chi connectivity index (χ1v) is 7.22. The molecule has 0 spiro atoms. The lowest BCUT2D eigenvalue weighted by molar-refractivity contribution is -0.145. The van der Waals surface area contributed by atoms with Crippen LogP contribution in [0.25, 0.3) is 0 Å². The maximum Gasteiger partial charge on any atom is 0.327 e. The van der Waals surface area contributed by atoms with E-state index in [0.29, 0.717) is 13.2 Å². The minimum atomic E-state index is -0.439. The number of hydrogen-bond donors (Lipinski definition) is 1. The third kappa shape index (κ3) is 4.17. The van der Waals surface area contributed by atoms with Crippen LogP contribution >= 0.6 is 0 Å². The van der Waals surface area contributed by atoms with Gasteiger partial charge in [-0.2, -0.15) is 0 Å². The van der Waals surface area contributed by atoms with Gasteiger partial charge in [-0.15, -0.1) is 0 Å². The largest absolute Gasteiger partial charge is 0.465 e. The van der Waals surface area contributed by atoms with Crippen LogP contribution in [0.4, 0.5) is 0 Å². The molecule has 0 radical (unpaired) electrons. The highest BCUT2D eigenvalue weighted by atomic mass is 16.5. The van der Waals surface area contributed by atoms with Gasteiger partial charge in [0.25, 0.3) is 0 Å². The Morgan fingerprint density at radius 3 is 2.43 bits per heavy atom. The molecule has 0 fully saturated rings. The van der Waals surface area contributed by atoms with Crippen molar-refractivity contribution in [3.05, 3.63) is 71.3 Å². The first-order chi connectivity index (χ1) is 10.2. The standard InChI is InChI=1S/C18H21NO2/c1-3-21-18(20)17(16-12-8-7-9-14(16)2)19-13-15-10-5-4-6-11-15/h4-12,17,19H,3,13H2,1-2H3. The van der Waals surface area contributed by atoms with E-state index in [1.165, 1.54) is 0 Å². The van der Waals surface area contributed by atoms with E-state index in [9.17, 15) is 4.79 Å². The van der Waals surface area contributed by atoms with Crippen molar-refractivity contribution in [3.63, 3.8) is 0 Å². The Balaban J connectivity index is 2.17. The molecule has 2 rings (SSSR count). The Kier molecular flexibility index (Phi) is 5.52. The van der Waals surface area contributed by atoms with Crippen molar-refractivity contribution in [3.8, 4) is 0 Å². The maximum absolute atomic E-state index is 12.2. The van der Waals surface area contributed by atoms with Gasteiger partial charge in [-0.05, 0) is 30.5 Å². The number of carbonyl (C=O) groups excluding carboxylic acids is 1. The molecule has 0 saturated heterocycles. The second kappa shape index (κ2) is 7.60.